The summed E-state index contributed by atoms with van der Waals surface area (Å²) in [6.07, 6.45) is 7.97. The number of nitrogens with zero attached hydrogens (tertiary/aromatic N) is 3. The lowest BCUT2D eigenvalue weighted by molar-refractivity contribution is 0.291. The van der Waals surface area contributed by atoms with Gasteiger partial charge in [0.25, 0.3) is 0 Å². The van der Waals surface area contributed by atoms with E-state index in [2.05, 4.69) is 30.5 Å². The molecule has 0 amide bonds. The molecule has 0 bridgehead atoms. The molecule has 0 N–H and O–H groups in total. The number of aromatic nitrogens is 3. The van der Waals surface area contributed by atoms with Gasteiger partial charge in [-0.2, -0.15) is 0 Å². The Morgan fingerprint density at radius 2 is 2.35 bits per heavy atom. The fraction of sp³-hybridized carbons (Fsp3) is 0.333. The Bertz CT molecular complexity index is 522. The van der Waals surface area contributed by atoms with Gasteiger partial charge in [0.2, 0.25) is 0 Å². The van der Waals surface area contributed by atoms with E-state index in [0.717, 1.165) is 16.0 Å². The summed E-state index contributed by atoms with van der Waals surface area (Å²) in [4.78, 5) is 8.29. The maximum absolute atomic E-state index is 5.73. The first kappa shape index (κ1) is 10.8. The zero-order chi connectivity index (χ0) is 11.7. The molecule has 0 unspecified atom stereocenters. The maximum atomic E-state index is 5.73. The highest BCUT2D eigenvalue weighted by molar-refractivity contribution is 9.10. The summed E-state index contributed by atoms with van der Waals surface area (Å²) in [5.74, 6) is 0.760. The van der Waals surface area contributed by atoms with Crippen LogP contribution in [0.1, 0.15) is 24.6 Å². The van der Waals surface area contributed by atoms with Crippen molar-refractivity contribution < 1.29 is 4.74 Å². The number of ether oxygens (including phenoxy) is 1. The van der Waals surface area contributed by atoms with E-state index in [9.17, 15) is 0 Å². The summed E-state index contributed by atoms with van der Waals surface area (Å²) in [6, 6.07) is 4.39. The smallest absolute Gasteiger partial charge is 0.152 e. The van der Waals surface area contributed by atoms with E-state index in [0.29, 0.717) is 12.6 Å². The van der Waals surface area contributed by atoms with Crippen molar-refractivity contribution in [1.82, 2.24) is 14.5 Å². The number of hydrogen-bond acceptors (Lipinski definition) is 3. The molecule has 3 rings (SSSR count). The lowest BCUT2D eigenvalue weighted by Crippen LogP contribution is -2.04. The summed E-state index contributed by atoms with van der Waals surface area (Å²) in [7, 11) is 0. The second-order valence-corrected chi connectivity index (χ2v) is 4.86. The Labute approximate surface area is 108 Å². The van der Waals surface area contributed by atoms with Crippen LogP contribution in [0.3, 0.4) is 0 Å². The molecule has 5 heteroatoms. The molecule has 1 saturated carbocycles. The predicted octanol–water partition coefficient (Wildman–Crippen LogP) is 2.95. The van der Waals surface area contributed by atoms with Crippen LogP contribution < -0.4 is 4.74 Å². The first-order valence-corrected chi connectivity index (χ1v) is 6.38. The molecule has 0 aliphatic heterocycles. The number of hydrogen-bond donors (Lipinski definition) is 0. The molecule has 1 aliphatic rings. The van der Waals surface area contributed by atoms with E-state index < -0.39 is 0 Å². The molecule has 4 nitrogen and oxygen atoms in total. The van der Waals surface area contributed by atoms with Crippen molar-refractivity contribution >= 4 is 15.9 Å². The Morgan fingerprint density at radius 1 is 1.47 bits per heavy atom. The lowest BCUT2D eigenvalue weighted by Gasteiger charge is -2.09. The van der Waals surface area contributed by atoms with Gasteiger partial charge in [0.05, 0.1) is 18.2 Å². The molecule has 0 spiro atoms. The van der Waals surface area contributed by atoms with Crippen molar-refractivity contribution in [2.45, 2.75) is 25.5 Å². The molecule has 1 fully saturated rings. The molecule has 0 saturated heterocycles. The van der Waals surface area contributed by atoms with Crippen LogP contribution in [0.5, 0.6) is 5.75 Å². The standard InChI is InChI=1S/C12H12BrN3O/c13-12-11(2-1-5-15-12)17-7-10-6-14-8-16(10)9-3-4-9/h1-2,5-6,8-9H,3-4,7H2. The zero-order valence-corrected chi connectivity index (χ0v) is 10.8. The van der Waals surface area contributed by atoms with Gasteiger partial charge in [-0.05, 0) is 40.9 Å². The SMILES string of the molecule is Brc1ncccc1OCc1cncn1C1CC1. The maximum Gasteiger partial charge on any atom is 0.152 e. The summed E-state index contributed by atoms with van der Waals surface area (Å²) >= 11 is 3.36. The number of pyridine rings is 1. The van der Waals surface area contributed by atoms with Crippen LogP contribution >= 0.6 is 15.9 Å². The average Bonchev–Trinajstić information content (AvgIpc) is 3.08. The number of halogens is 1. The van der Waals surface area contributed by atoms with Crippen LogP contribution in [0.2, 0.25) is 0 Å². The minimum absolute atomic E-state index is 0.529. The van der Waals surface area contributed by atoms with E-state index >= 15 is 0 Å². The molecule has 17 heavy (non-hydrogen) atoms. The van der Waals surface area contributed by atoms with Crippen LogP contribution in [-0.4, -0.2) is 14.5 Å². The normalized spacial score (nSPS) is 14.9. The van der Waals surface area contributed by atoms with E-state index in [1.165, 1.54) is 12.8 Å². The van der Waals surface area contributed by atoms with Crippen LogP contribution in [0.25, 0.3) is 0 Å². The third-order valence-corrected chi connectivity index (χ3v) is 3.38. The van der Waals surface area contributed by atoms with Gasteiger partial charge in [-0.25, -0.2) is 9.97 Å². The van der Waals surface area contributed by atoms with Crippen LogP contribution in [0.4, 0.5) is 0 Å². The quantitative estimate of drug-likeness (QED) is 0.814. The van der Waals surface area contributed by atoms with Gasteiger partial charge in [0.1, 0.15) is 11.2 Å². The van der Waals surface area contributed by atoms with Gasteiger partial charge >= 0.3 is 0 Å². The average molecular weight is 294 g/mol. The van der Waals surface area contributed by atoms with Crippen LogP contribution in [-0.2, 0) is 6.61 Å². The lowest BCUT2D eigenvalue weighted by atomic mass is 10.4. The molecule has 2 aromatic rings. The minimum Gasteiger partial charge on any atom is -0.484 e. The largest absolute Gasteiger partial charge is 0.484 e. The second-order valence-electron chi connectivity index (χ2n) is 4.10. The molecular weight excluding hydrogens is 282 g/mol. The van der Waals surface area contributed by atoms with Crippen molar-refractivity contribution in [3.05, 3.63) is 41.2 Å². The number of rotatable bonds is 4. The second kappa shape index (κ2) is 4.49. The van der Waals surface area contributed by atoms with Gasteiger partial charge in [-0.15, -0.1) is 0 Å². The molecular formula is C12H12BrN3O. The van der Waals surface area contributed by atoms with Crippen molar-refractivity contribution in [1.29, 1.82) is 0 Å². The van der Waals surface area contributed by atoms with E-state index in [1.54, 1.807) is 6.20 Å². The topological polar surface area (TPSA) is 39.9 Å². The fourth-order valence-corrected chi connectivity index (χ4v) is 2.12. The van der Waals surface area contributed by atoms with Gasteiger partial charge in [0.15, 0.2) is 5.75 Å². The summed E-state index contributed by atoms with van der Waals surface area (Å²) in [5.41, 5.74) is 1.11. The fourth-order valence-electron chi connectivity index (χ4n) is 1.76. The van der Waals surface area contributed by atoms with Crippen LogP contribution in [0.15, 0.2) is 35.5 Å². The van der Waals surface area contributed by atoms with E-state index in [-0.39, 0.29) is 0 Å². The van der Waals surface area contributed by atoms with Gasteiger partial charge in [0, 0.05) is 12.2 Å². The predicted molar refractivity (Wildman–Crippen MR) is 66.8 cm³/mol. The summed E-state index contributed by atoms with van der Waals surface area (Å²) in [6.45, 7) is 0.529. The highest BCUT2D eigenvalue weighted by Crippen LogP contribution is 2.35. The molecule has 2 heterocycles. The monoisotopic (exact) mass is 293 g/mol. The Hall–Kier alpha value is -1.36. The highest BCUT2D eigenvalue weighted by atomic mass is 79.9. The first-order valence-electron chi connectivity index (χ1n) is 5.58. The van der Waals surface area contributed by atoms with Crippen molar-refractivity contribution in [2.24, 2.45) is 0 Å². The molecule has 88 valence electrons. The van der Waals surface area contributed by atoms with Gasteiger partial charge in [-0.3, -0.25) is 0 Å². The summed E-state index contributed by atoms with van der Waals surface area (Å²) in [5, 5.41) is 0. The molecule has 0 radical (unpaired) electrons. The van der Waals surface area contributed by atoms with Crippen molar-refractivity contribution in [3.63, 3.8) is 0 Å². The third kappa shape index (κ3) is 2.34. The van der Waals surface area contributed by atoms with Crippen LogP contribution in [0, 0.1) is 0 Å². The molecule has 1 aliphatic carbocycles. The Morgan fingerprint density at radius 3 is 3.12 bits per heavy atom. The minimum atomic E-state index is 0.529. The highest BCUT2D eigenvalue weighted by Gasteiger charge is 2.25. The van der Waals surface area contributed by atoms with E-state index in [4.69, 9.17) is 4.74 Å². The van der Waals surface area contributed by atoms with E-state index in [1.807, 2.05) is 24.7 Å². The Balaban J connectivity index is 1.71. The van der Waals surface area contributed by atoms with Crippen molar-refractivity contribution in [3.8, 4) is 5.75 Å². The first-order chi connectivity index (χ1) is 8.34. The summed E-state index contributed by atoms with van der Waals surface area (Å²) < 4.78 is 8.66. The van der Waals surface area contributed by atoms with Gasteiger partial charge < -0.3 is 9.30 Å². The Kier molecular flexibility index (Phi) is 2.84. The van der Waals surface area contributed by atoms with Gasteiger partial charge in [-0.1, -0.05) is 0 Å². The molecule has 0 aromatic carbocycles. The molecule has 2 aromatic heterocycles. The zero-order valence-electron chi connectivity index (χ0n) is 9.21. The molecule has 0 atom stereocenters. The third-order valence-electron chi connectivity index (χ3n) is 2.79. The number of imidazole rings is 1. The van der Waals surface area contributed by atoms with Crippen molar-refractivity contribution in [2.75, 3.05) is 0 Å².